The van der Waals surface area contributed by atoms with E-state index in [-0.39, 0.29) is 5.91 Å². The molecule has 1 aromatic heterocycles. The van der Waals surface area contributed by atoms with Crippen molar-refractivity contribution in [1.29, 1.82) is 0 Å². The molecule has 0 saturated carbocycles. The van der Waals surface area contributed by atoms with Gasteiger partial charge in [-0.15, -0.1) is 0 Å². The molecule has 0 bridgehead atoms. The Labute approximate surface area is 141 Å². The molecule has 0 aliphatic heterocycles. The molecule has 3 aromatic rings. The third-order valence-corrected chi connectivity index (χ3v) is 4.26. The van der Waals surface area contributed by atoms with Crippen LogP contribution < -0.4 is 10.1 Å². The van der Waals surface area contributed by atoms with Gasteiger partial charge in [0.25, 0.3) is 5.91 Å². The summed E-state index contributed by atoms with van der Waals surface area (Å²) in [6.07, 6.45) is 1.72. The third-order valence-electron chi connectivity index (χ3n) is 3.32. The average molecular weight is 404 g/mol. The van der Waals surface area contributed by atoms with E-state index in [1.54, 1.807) is 37.6 Å². The van der Waals surface area contributed by atoms with Gasteiger partial charge in [0.15, 0.2) is 0 Å². The fourth-order valence-corrected chi connectivity index (χ4v) is 2.79. The summed E-state index contributed by atoms with van der Waals surface area (Å²) in [5, 5.41) is 3.94. The van der Waals surface area contributed by atoms with E-state index in [9.17, 15) is 4.79 Å². The molecular weight excluding hydrogens is 391 g/mol. The predicted octanol–water partition coefficient (Wildman–Crippen LogP) is 4.10. The number of rotatable bonds is 3. The molecule has 0 radical (unpaired) electrons. The van der Waals surface area contributed by atoms with Crippen LogP contribution in [0.3, 0.4) is 0 Å². The number of halogens is 1. The number of carbonyl (C=O) groups is 1. The molecule has 0 aliphatic rings. The second kappa shape index (κ2) is 6.31. The fourth-order valence-electron chi connectivity index (χ4n) is 2.18. The third kappa shape index (κ3) is 2.89. The van der Waals surface area contributed by atoms with Crippen LogP contribution in [0.25, 0.3) is 10.9 Å². The topological polar surface area (TPSA) is 51.2 Å². The van der Waals surface area contributed by atoms with Crippen molar-refractivity contribution in [3.05, 3.63) is 63.9 Å². The van der Waals surface area contributed by atoms with E-state index in [2.05, 4.69) is 32.9 Å². The summed E-state index contributed by atoms with van der Waals surface area (Å²) in [6, 6.07) is 14.7. The zero-order valence-corrected chi connectivity index (χ0v) is 14.0. The maximum Gasteiger partial charge on any atom is 0.255 e. The van der Waals surface area contributed by atoms with Gasteiger partial charge in [0.1, 0.15) is 5.75 Å². The lowest BCUT2D eigenvalue weighted by atomic mass is 10.1. The number of carbonyl (C=O) groups excluding carboxylic acids is 1. The van der Waals surface area contributed by atoms with E-state index in [0.717, 1.165) is 20.2 Å². The summed E-state index contributed by atoms with van der Waals surface area (Å²) in [5.41, 5.74) is 2.07. The highest BCUT2D eigenvalue weighted by molar-refractivity contribution is 14.1. The van der Waals surface area contributed by atoms with Gasteiger partial charge in [-0.2, -0.15) is 0 Å². The normalized spacial score (nSPS) is 10.5. The summed E-state index contributed by atoms with van der Waals surface area (Å²) in [4.78, 5) is 16.7. The minimum atomic E-state index is -0.171. The van der Waals surface area contributed by atoms with E-state index in [1.807, 2.05) is 24.3 Å². The lowest BCUT2D eigenvalue weighted by Crippen LogP contribution is -2.12. The van der Waals surface area contributed by atoms with Crippen molar-refractivity contribution in [1.82, 2.24) is 4.98 Å². The van der Waals surface area contributed by atoms with Crippen molar-refractivity contribution in [2.24, 2.45) is 0 Å². The van der Waals surface area contributed by atoms with Gasteiger partial charge in [0.2, 0.25) is 0 Å². The molecule has 3 rings (SSSR count). The molecule has 1 heterocycles. The zero-order valence-electron chi connectivity index (χ0n) is 11.8. The average Bonchev–Trinajstić information content (AvgIpc) is 2.57. The van der Waals surface area contributed by atoms with Gasteiger partial charge in [-0.3, -0.25) is 9.78 Å². The highest BCUT2D eigenvalue weighted by Gasteiger charge is 2.10. The van der Waals surface area contributed by atoms with E-state index in [4.69, 9.17) is 4.74 Å². The van der Waals surface area contributed by atoms with Crippen molar-refractivity contribution < 1.29 is 9.53 Å². The molecule has 110 valence electrons. The van der Waals surface area contributed by atoms with Crippen LogP contribution in [0.15, 0.2) is 54.7 Å². The van der Waals surface area contributed by atoms with Crippen molar-refractivity contribution in [2.45, 2.75) is 0 Å². The van der Waals surface area contributed by atoms with Gasteiger partial charge in [-0.05, 0) is 65.1 Å². The number of amides is 1. The zero-order chi connectivity index (χ0) is 15.5. The number of nitrogens with one attached hydrogen (secondary N) is 1. The predicted molar refractivity (Wildman–Crippen MR) is 95.4 cm³/mol. The summed E-state index contributed by atoms with van der Waals surface area (Å²) in [6.45, 7) is 0. The van der Waals surface area contributed by atoms with Gasteiger partial charge < -0.3 is 10.1 Å². The molecule has 0 unspecified atom stereocenters. The largest absolute Gasteiger partial charge is 0.497 e. The summed E-state index contributed by atoms with van der Waals surface area (Å²) >= 11 is 2.26. The van der Waals surface area contributed by atoms with Gasteiger partial charge in [-0.1, -0.05) is 6.07 Å². The molecule has 0 atom stereocenters. The molecule has 22 heavy (non-hydrogen) atoms. The Kier molecular flexibility index (Phi) is 4.24. The molecule has 0 spiro atoms. The summed E-state index contributed by atoms with van der Waals surface area (Å²) in [7, 11) is 1.60. The molecule has 1 N–H and O–H groups in total. The van der Waals surface area contributed by atoms with Crippen LogP contribution in [0.5, 0.6) is 5.75 Å². The number of hydrogen-bond acceptors (Lipinski definition) is 3. The first-order chi connectivity index (χ1) is 10.7. The molecule has 0 fully saturated rings. The number of fused-ring (bicyclic) bond motifs is 1. The first kappa shape index (κ1) is 14.8. The summed E-state index contributed by atoms with van der Waals surface area (Å²) < 4.78 is 6.20. The van der Waals surface area contributed by atoms with Crippen LogP contribution in [-0.2, 0) is 0 Å². The monoisotopic (exact) mass is 404 g/mol. The Morgan fingerprint density at radius 1 is 1.14 bits per heavy atom. The Morgan fingerprint density at radius 2 is 1.91 bits per heavy atom. The van der Waals surface area contributed by atoms with Crippen LogP contribution >= 0.6 is 22.6 Å². The highest BCUT2D eigenvalue weighted by Crippen LogP contribution is 2.26. The minimum Gasteiger partial charge on any atom is -0.497 e. The fraction of sp³-hybridized carbons (Fsp3) is 0.0588. The van der Waals surface area contributed by atoms with Gasteiger partial charge in [0, 0.05) is 20.7 Å². The molecule has 1 amide bonds. The van der Waals surface area contributed by atoms with E-state index >= 15 is 0 Å². The number of benzene rings is 2. The number of aromatic nitrogens is 1. The summed E-state index contributed by atoms with van der Waals surface area (Å²) in [5.74, 6) is 0.550. The van der Waals surface area contributed by atoms with Crippen molar-refractivity contribution in [3.63, 3.8) is 0 Å². The number of pyridine rings is 1. The number of methoxy groups -OCH3 is 1. The van der Waals surface area contributed by atoms with Crippen LogP contribution in [-0.4, -0.2) is 18.0 Å². The lowest BCUT2D eigenvalue weighted by molar-refractivity contribution is 0.102. The van der Waals surface area contributed by atoms with Crippen LogP contribution in [0, 0.1) is 3.57 Å². The molecule has 4 nitrogen and oxygen atoms in total. The minimum absolute atomic E-state index is 0.171. The first-order valence-electron chi connectivity index (χ1n) is 6.67. The number of anilines is 1. The van der Waals surface area contributed by atoms with Crippen molar-refractivity contribution in [3.8, 4) is 5.75 Å². The Hall–Kier alpha value is -2.15. The number of ether oxygens (including phenoxy) is 1. The van der Waals surface area contributed by atoms with Gasteiger partial charge in [-0.25, -0.2) is 0 Å². The SMILES string of the molecule is COc1ccc(C(=O)Nc2ccc(I)c3cccnc23)cc1. The smallest absolute Gasteiger partial charge is 0.255 e. The second-order valence-corrected chi connectivity index (χ2v) is 5.84. The van der Waals surface area contributed by atoms with Crippen LogP contribution in [0.4, 0.5) is 5.69 Å². The highest BCUT2D eigenvalue weighted by atomic mass is 127. The van der Waals surface area contributed by atoms with Crippen LogP contribution in [0.2, 0.25) is 0 Å². The molecule has 0 aliphatic carbocycles. The van der Waals surface area contributed by atoms with Gasteiger partial charge in [0.05, 0.1) is 18.3 Å². The lowest BCUT2D eigenvalue weighted by Gasteiger charge is -2.09. The maximum absolute atomic E-state index is 12.4. The maximum atomic E-state index is 12.4. The first-order valence-corrected chi connectivity index (χ1v) is 7.75. The number of hydrogen-bond donors (Lipinski definition) is 1. The Morgan fingerprint density at radius 3 is 2.64 bits per heavy atom. The Bertz CT molecular complexity index is 832. The van der Waals surface area contributed by atoms with E-state index in [1.165, 1.54) is 0 Å². The molecule has 0 saturated heterocycles. The molecule has 5 heteroatoms. The standard InChI is InChI=1S/C17H13IN2O2/c1-22-12-6-4-11(5-7-12)17(21)20-15-9-8-14(18)13-3-2-10-19-16(13)15/h2-10H,1H3,(H,20,21). The van der Waals surface area contributed by atoms with Crippen LogP contribution in [0.1, 0.15) is 10.4 Å². The number of nitrogens with zero attached hydrogens (tertiary/aromatic N) is 1. The van der Waals surface area contributed by atoms with Gasteiger partial charge >= 0.3 is 0 Å². The van der Waals surface area contributed by atoms with Crippen molar-refractivity contribution in [2.75, 3.05) is 12.4 Å². The van der Waals surface area contributed by atoms with E-state index < -0.39 is 0 Å². The van der Waals surface area contributed by atoms with E-state index in [0.29, 0.717) is 11.3 Å². The van der Waals surface area contributed by atoms with Crippen molar-refractivity contribution >= 4 is 45.1 Å². The molecule has 2 aromatic carbocycles. The second-order valence-electron chi connectivity index (χ2n) is 4.68. The molecular formula is C17H13IN2O2. The Balaban J connectivity index is 1.92. The quantitative estimate of drug-likeness (QED) is 0.669.